The Morgan fingerprint density at radius 3 is 1.81 bits per heavy atom. The van der Waals surface area contributed by atoms with Crippen LogP contribution in [0, 0.1) is 5.82 Å². The number of ether oxygens (including phenoxy) is 1. The molecule has 0 aromatic heterocycles. The predicted molar refractivity (Wildman–Crippen MR) is 105 cm³/mol. The van der Waals surface area contributed by atoms with Gasteiger partial charge in [0, 0.05) is 19.6 Å². The summed E-state index contributed by atoms with van der Waals surface area (Å²) in [5.74, 6) is 0.243. The lowest BCUT2D eigenvalue weighted by molar-refractivity contribution is 0.0628. The first-order valence-corrected chi connectivity index (χ1v) is 9.06. The summed E-state index contributed by atoms with van der Waals surface area (Å²) >= 11 is 0. The van der Waals surface area contributed by atoms with Crippen LogP contribution >= 0.6 is 0 Å². The highest BCUT2D eigenvalue weighted by atomic mass is 19.1. The van der Waals surface area contributed by atoms with Gasteiger partial charge in [0.25, 0.3) is 0 Å². The van der Waals surface area contributed by atoms with Crippen LogP contribution in [0.5, 0.6) is 5.75 Å². The molecule has 0 unspecified atom stereocenters. The second-order valence-electron chi connectivity index (χ2n) is 6.56. The Labute approximate surface area is 159 Å². The highest BCUT2D eigenvalue weighted by molar-refractivity contribution is 5.22. The van der Waals surface area contributed by atoms with Crippen LogP contribution in [0.15, 0.2) is 84.9 Å². The van der Waals surface area contributed by atoms with Crippen LogP contribution in [0.4, 0.5) is 4.39 Å². The summed E-state index contributed by atoms with van der Waals surface area (Å²) in [6.45, 7) is 2.11. The second kappa shape index (κ2) is 9.86. The first-order chi connectivity index (χ1) is 13.2. The van der Waals surface area contributed by atoms with Gasteiger partial charge in [-0.2, -0.15) is 0 Å². The molecule has 0 spiro atoms. The number of halogens is 1. The van der Waals surface area contributed by atoms with E-state index in [1.807, 2.05) is 36.4 Å². The second-order valence-corrected chi connectivity index (χ2v) is 6.56. The van der Waals surface area contributed by atoms with Gasteiger partial charge >= 0.3 is 0 Å². The molecule has 0 bridgehead atoms. The Bertz CT molecular complexity index is 752. The van der Waals surface area contributed by atoms with Crippen molar-refractivity contribution in [3.05, 3.63) is 102 Å². The Morgan fingerprint density at radius 1 is 0.778 bits per heavy atom. The van der Waals surface area contributed by atoms with Crippen LogP contribution < -0.4 is 4.74 Å². The fraction of sp³-hybridized carbons (Fsp3) is 0.217. The van der Waals surface area contributed by atoms with Crippen molar-refractivity contribution < 1.29 is 14.2 Å². The zero-order chi connectivity index (χ0) is 18.9. The van der Waals surface area contributed by atoms with Crippen molar-refractivity contribution >= 4 is 0 Å². The summed E-state index contributed by atoms with van der Waals surface area (Å²) in [5, 5.41) is 10.5. The van der Waals surface area contributed by atoms with Gasteiger partial charge in [-0.1, -0.05) is 60.7 Å². The fourth-order valence-corrected chi connectivity index (χ4v) is 2.94. The summed E-state index contributed by atoms with van der Waals surface area (Å²) < 4.78 is 18.5. The van der Waals surface area contributed by atoms with Gasteiger partial charge in [-0.25, -0.2) is 4.39 Å². The average Bonchev–Trinajstić information content (AvgIpc) is 2.69. The topological polar surface area (TPSA) is 32.7 Å². The fourth-order valence-electron chi connectivity index (χ4n) is 2.94. The van der Waals surface area contributed by atoms with Gasteiger partial charge in [-0.15, -0.1) is 0 Å². The SMILES string of the molecule is O[C@H](COc1ccc(F)cc1)CN(Cc1ccccc1)Cc1ccccc1. The van der Waals surface area contributed by atoms with Crippen molar-refractivity contribution in [3.8, 4) is 5.75 Å². The Hall–Kier alpha value is -2.69. The average molecular weight is 365 g/mol. The summed E-state index contributed by atoms with van der Waals surface area (Å²) in [6, 6.07) is 26.2. The van der Waals surface area contributed by atoms with E-state index in [4.69, 9.17) is 4.74 Å². The first-order valence-electron chi connectivity index (χ1n) is 9.06. The number of aliphatic hydroxyl groups is 1. The van der Waals surface area contributed by atoms with E-state index in [0.29, 0.717) is 12.3 Å². The van der Waals surface area contributed by atoms with E-state index >= 15 is 0 Å². The predicted octanol–water partition coefficient (Wildman–Crippen LogP) is 4.27. The molecule has 0 saturated heterocycles. The summed E-state index contributed by atoms with van der Waals surface area (Å²) in [6.07, 6.45) is -0.650. The molecular formula is C23H24FNO2. The van der Waals surface area contributed by atoms with E-state index in [-0.39, 0.29) is 12.4 Å². The molecule has 0 fully saturated rings. The van der Waals surface area contributed by atoms with Gasteiger partial charge < -0.3 is 9.84 Å². The molecule has 27 heavy (non-hydrogen) atoms. The minimum atomic E-state index is -0.650. The third kappa shape index (κ3) is 6.51. The third-order valence-electron chi connectivity index (χ3n) is 4.22. The van der Waals surface area contributed by atoms with Crippen LogP contribution in [0.3, 0.4) is 0 Å². The maximum atomic E-state index is 13.0. The molecule has 0 amide bonds. The Kier molecular flexibility index (Phi) is 6.97. The molecule has 0 aliphatic carbocycles. The van der Waals surface area contributed by atoms with Gasteiger partial charge in [0.1, 0.15) is 24.3 Å². The van der Waals surface area contributed by atoms with Crippen LogP contribution in [0.25, 0.3) is 0 Å². The summed E-state index contributed by atoms with van der Waals surface area (Å²) in [5.41, 5.74) is 2.39. The molecular weight excluding hydrogens is 341 g/mol. The van der Waals surface area contributed by atoms with Crippen molar-refractivity contribution in [1.29, 1.82) is 0 Å². The van der Waals surface area contributed by atoms with Crippen molar-refractivity contribution in [1.82, 2.24) is 4.90 Å². The van der Waals surface area contributed by atoms with Gasteiger partial charge in [-0.3, -0.25) is 4.90 Å². The highest BCUT2D eigenvalue weighted by Crippen LogP contribution is 2.13. The molecule has 1 atom stereocenters. The molecule has 0 saturated carbocycles. The van der Waals surface area contributed by atoms with Crippen LogP contribution in [-0.4, -0.2) is 29.3 Å². The standard InChI is InChI=1S/C23H24FNO2/c24-21-11-13-23(14-12-21)27-18-22(26)17-25(15-19-7-3-1-4-8-19)16-20-9-5-2-6-10-20/h1-14,22,26H,15-18H2/t22-/m0/s1. The van der Waals surface area contributed by atoms with Gasteiger partial charge in [0.05, 0.1) is 0 Å². The van der Waals surface area contributed by atoms with Crippen molar-refractivity contribution in [2.45, 2.75) is 19.2 Å². The molecule has 0 aliphatic heterocycles. The van der Waals surface area contributed by atoms with Crippen molar-refractivity contribution in [2.24, 2.45) is 0 Å². The summed E-state index contributed by atoms with van der Waals surface area (Å²) in [4.78, 5) is 2.20. The first kappa shape index (κ1) is 19.1. The molecule has 3 aromatic carbocycles. The quantitative estimate of drug-likeness (QED) is 0.615. The molecule has 0 aliphatic rings. The van der Waals surface area contributed by atoms with Crippen LogP contribution in [0.2, 0.25) is 0 Å². The molecule has 3 nitrogen and oxygen atoms in total. The largest absolute Gasteiger partial charge is 0.491 e. The number of hydrogen-bond donors (Lipinski definition) is 1. The molecule has 3 aromatic rings. The van der Waals surface area contributed by atoms with Crippen molar-refractivity contribution in [3.63, 3.8) is 0 Å². The Morgan fingerprint density at radius 2 is 1.30 bits per heavy atom. The maximum absolute atomic E-state index is 13.0. The van der Waals surface area contributed by atoms with Gasteiger partial charge in [-0.05, 0) is 35.4 Å². The van der Waals surface area contributed by atoms with E-state index in [1.165, 1.54) is 23.3 Å². The Balaban J connectivity index is 1.59. The lowest BCUT2D eigenvalue weighted by atomic mass is 10.1. The van der Waals surface area contributed by atoms with E-state index in [0.717, 1.165) is 13.1 Å². The minimum Gasteiger partial charge on any atom is -0.491 e. The van der Waals surface area contributed by atoms with E-state index in [9.17, 15) is 9.50 Å². The van der Waals surface area contributed by atoms with Gasteiger partial charge in [0.15, 0.2) is 0 Å². The molecule has 140 valence electrons. The zero-order valence-electron chi connectivity index (χ0n) is 15.2. The van der Waals surface area contributed by atoms with Crippen LogP contribution in [-0.2, 0) is 13.1 Å². The molecule has 0 heterocycles. The number of nitrogens with zero attached hydrogens (tertiary/aromatic N) is 1. The smallest absolute Gasteiger partial charge is 0.123 e. The van der Waals surface area contributed by atoms with E-state index < -0.39 is 6.10 Å². The van der Waals surface area contributed by atoms with Crippen molar-refractivity contribution in [2.75, 3.05) is 13.2 Å². The third-order valence-corrected chi connectivity index (χ3v) is 4.22. The lowest BCUT2D eigenvalue weighted by Crippen LogP contribution is -2.35. The van der Waals surface area contributed by atoms with Crippen LogP contribution in [0.1, 0.15) is 11.1 Å². The number of rotatable bonds is 9. The summed E-state index contributed by atoms with van der Waals surface area (Å²) in [7, 11) is 0. The number of benzene rings is 3. The number of aliphatic hydroxyl groups excluding tert-OH is 1. The zero-order valence-corrected chi connectivity index (χ0v) is 15.2. The highest BCUT2D eigenvalue weighted by Gasteiger charge is 2.14. The molecule has 3 rings (SSSR count). The molecule has 0 radical (unpaired) electrons. The number of hydrogen-bond acceptors (Lipinski definition) is 3. The lowest BCUT2D eigenvalue weighted by Gasteiger charge is -2.25. The van der Waals surface area contributed by atoms with Gasteiger partial charge in [0.2, 0.25) is 0 Å². The normalized spacial score (nSPS) is 12.1. The molecule has 1 N–H and O–H groups in total. The minimum absolute atomic E-state index is 0.158. The monoisotopic (exact) mass is 365 g/mol. The van der Waals surface area contributed by atoms with E-state index in [2.05, 4.69) is 29.2 Å². The molecule has 4 heteroatoms. The maximum Gasteiger partial charge on any atom is 0.123 e. The van der Waals surface area contributed by atoms with E-state index in [1.54, 1.807) is 12.1 Å².